The van der Waals surface area contributed by atoms with E-state index in [0.717, 1.165) is 21.4 Å². The van der Waals surface area contributed by atoms with Crippen LogP contribution in [-0.4, -0.2) is 9.38 Å². The third-order valence-electron chi connectivity index (χ3n) is 2.48. The van der Waals surface area contributed by atoms with Gasteiger partial charge in [-0.2, -0.15) is 0 Å². The van der Waals surface area contributed by atoms with Crippen molar-refractivity contribution >= 4 is 21.6 Å². The Balaban J connectivity index is 0.00000108. The normalized spacial score (nSPS) is 10.2. The van der Waals surface area contributed by atoms with E-state index < -0.39 is 0 Å². The average molecular weight is 400 g/mol. The predicted octanol–water partition coefficient (Wildman–Crippen LogP) is 0.768. The van der Waals surface area contributed by atoms with Gasteiger partial charge in [0.25, 0.3) is 0 Å². The van der Waals surface area contributed by atoms with Crippen LogP contribution in [0.2, 0.25) is 0 Å². The lowest BCUT2D eigenvalue weighted by molar-refractivity contribution is -0.00000310. The highest BCUT2D eigenvalue weighted by atomic mass is 127. The van der Waals surface area contributed by atoms with Crippen molar-refractivity contribution in [3.63, 3.8) is 0 Å². The molecule has 1 aromatic carbocycles. The number of aromatic nitrogens is 2. The molecule has 3 aromatic rings. The van der Waals surface area contributed by atoms with Gasteiger partial charge in [-0.15, -0.1) is 0 Å². The van der Waals surface area contributed by atoms with Crippen molar-refractivity contribution in [3.8, 4) is 11.3 Å². The molecule has 17 heavy (non-hydrogen) atoms. The maximum atomic E-state index is 4.57. The van der Waals surface area contributed by atoms with E-state index in [4.69, 9.17) is 0 Å². The Morgan fingerprint density at radius 2 is 1.71 bits per heavy atom. The highest BCUT2D eigenvalue weighted by Gasteiger charge is 2.03. The number of fused-ring (bicyclic) bond motifs is 1. The molecule has 0 saturated heterocycles. The first-order valence-electron chi connectivity index (χ1n) is 5.02. The largest absolute Gasteiger partial charge is 1.00 e. The van der Waals surface area contributed by atoms with Gasteiger partial charge in [-0.05, 0) is 28.1 Å². The van der Waals surface area contributed by atoms with Crippen LogP contribution in [0.5, 0.6) is 0 Å². The molecule has 0 saturated carbocycles. The predicted molar refractivity (Wildman–Crippen MR) is 68.3 cm³/mol. The molecule has 2 heterocycles. The van der Waals surface area contributed by atoms with Crippen LogP contribution in [0.3, 0.4) is 0 Å². The molecule has 0 amide bonds. The van der Waals surface area contributed by atoms with E-state index in [2.05, 4.69) is 33.0 Å². The smallest absolute Gasteiger partial charge is 0.137 e. The van der Waals surface area contributed by atoms with Gasteiger partial charge in [0, 0.05) is 22.4 Å². The van der Waals surface area contributed by atoms with Crippen LogP contribution < -0.4 is 24.0 Å². The molecule has 0 aliphatic heterocycles. The molecule has 0 aliphatic rings. The summed E-state index contributed by atoms with van der Waals surface area (Å²) in [5.74, 6) is 0. The van der Waals surface area contributed by atoms with Crippen LogP contribution in [0.4, 0.5) is 0 Å². The zero-order valence-electron chi connectivity index (χ0n) is 8.85. The fourth-order valence-electron chi connectivity index (χ4n) is 1.71. The highest BCUT2D eigenvalue weighted by Crippen LogP contribution is 2.20. The summed E-state index contributed by atoms with van der Waals surface area (Å²) in [6.07, 6.45) is 4.05. The molecule has 0 unspecified atom stereocenters. The first-order chi connectivity index (χ1) is 7.83. The maximum Gasteiger partial charge on any atom is 0.137 e. The van der Waals surface area contributed by atoms with Gasteiger partial charge in [-0.3, -0.25) is 0 Å². The Kier molecular flexibility index (Phi) is 3.83. The molecule has 0 radical (unpaired) electrons. The minimum absolute atomic E-state index is 0. The fourth-order valence-corrected chi connectivity index (χ4v) is 2.07. The van der Waals surface area contributed by atoms with Gasteiger partial charge in [-0.1, -0.05) is 30.3 Å². The number of pyridine rings is 1. The van der Waals surface area contributed by atoms with Crippen LogP contribution >= 0.6 is 15.9 Å². The van der Waals surface area contributed by atoms with E-state index in [-0.39, 0.29) is 24.0 Å². The summed E-state index contributed by atoms with van der Waals surface area (Å²) < 4.78 is 3.07. The van der Waals surface area contributed by atoms with E-state index >= 15 is 0 Å². The van der Waals surface area contributed by atoms with Crippen molar-refractivity contribution < 1.29 is 24.0 Å². The average Bonchev–Trinajstić information content (AvgIpc) is 2.73. The van der Waals surface area contributed by atoms with E-state index in [9.17, 15) is 0 Å². The number of benzene rings is 1. The zero-order chi connectivity index (χ0) is 11.0. The Morgan fingerprint density at radius 1 is 0.941 bits per heavy atom. The van der Waals surface area contributed by atoms with Gasteiger partial charge in [0.1, 0.15) is 5.65 Å². The Bertz CT molecular complexity index is 634. The van der Waals surface area contributed by atoms with Crippen LogP contribution in [0.15, 0.2) is 59.3 Å². The lowest BCUT2D eigenvalue weighted by Gasteiger charge is -1.92. The standard InChI is InChI=1S/C13H9BrN2.HI/c14-11-6-7-13-15-12(9-16(13)8-11)10-4-2-1-3-5-10;/h1-9H;1H/p-1. The Labute approximate surface area is 125 Å². The monoisotopic (exact) mass is 399 g/mol. The first kappa shape index (κ1) is 12.6. The van der Waals surface area contributed by atoms with Gasteiger partial charge < -0.3 is 28.4 Å². The molecule has 86 valence electrons. The van der Waals surface area contributed by atoms with E-state index in [1.54, 1.807) is 0 Å². The van der Waals surface area contributed by atoms with Gasteiger partial charge in [-0.25, -0.2) is 4.98 Å². The molecule has 4 heteroatoms. The molecule has 0 bridgehead atoms. The third kappa shape index (κ3) is 2.52. The molecule has 2 nitrogen and oxygen atoms in total. The van der Waals surface area contributed by atoms with Crippen molar-refractivity contribution in [1.29, 1.82) is 0 Å². The zero-order valence-corrected chi connectivity index (χ0v) is 12.6. The molecule has 0 spiro atoms. The molecular weight excluding hydrogens is 391 g/mol. The van der Waals surface area contributed by atoms with Crippen molar-refractivity contribution in [3.05, 3.63) is 59.3 Å². The van der Waals surface area contributed by atoms with Crippen LogP contribution in [0, 0.1) is 0 Å². The molecule has 0 fully saturated rings. The lowest BCUT2D eigenvalue weighted by Crippen LogP contribution is -3.00. The Hall–Kier alpha value is -0.880. The second-order valence-corrected chi connectivity index (χ2v) is 4.52. The van der Waals surface area contributed by atoms with E-state index in [1.165, 1.54) is 0 Å². The van der Waals surface area contributed by atoms with Crippen molar-refractivity contribution in [2.75, 3.05) is 0 Å². The fraction of sp³-hybridized carbons (Fsp3) is 0. The Morgan fingerprint density at radius 3 is 2.47 bits per heavy atom. The van der Waals surface area contributed by atoms with Crippen LogP contribution in [0.25, 0.3) is 16.9 Å². The second kappa shape index (κ2) is 5.18. The topological polar surface area (TPSA) is 17.3 Å². The molecule has 0 N–H and O–H groups in total. The number of hydrogen-bond acceptors (Lipinski definition) is 1. The number of halogens is 2. The maximum absolute atomic E-state index is 4.57. The van der Waals surface area contributed by atoms with Gasteiger partial charge >= 0.3 is 0 Å². The summed E-state index contributed by atoms with van der Waals surface area (Å²) in [7, 11) is 0. The van der Waals surface area contributed by atoms with Crippen LogP contribution in [-0.2, 0) is 0 Å². The number of nitrogens with zero attached hydrogens (tertiary/aromatic N) is 2. The summed E-state index contributed by atoms with van der Waals surface area (Å²) in [4.78, 5) is 4.57. The van der Waals surface area contributed by atoms with Crippen LogP contribution in [0.1, 0.15) is 0 Å². The van der Waals surface area contributed by atoms with Gasteiger partial charge in [0.05, 0.1) is 5.69 Å². The summed E-state index contributed by atoms with van der Waals surface area (Å²) in [5, 5.41) is 0. The van der Waals surface area contributed by atoms with Crippen molar-refractivity contribution in [1.82, 2.24) is 9.38 Å². The van der Waals surface area contributed by atoms with Gasteiger partial charge in [0.15, 0.2) is 0 Å². The lowest BCUT2D eigenvalue weighted by atomic mass is 10.2. The van der Waals surface area contributed by atoms with E-state index in [1.807, 2.05) is 47.1 Å². The summed E-state index contributed by atoms with van der Waals surface area (Å²) >= 11 is 3.45. The minimum atomic E-state index is 0. The highest BCUT2D eigenvalue weighted by molar-refractivity contribution is 9.10. The quantitative estimate of drug-likeness (QED) is 0.552. The molecule has 3 rings (SSSR count). The third-order valence-corrected chi connectivity index (χ3v) is 2.95. The van der Waals surface area contributed by atoms with Crippen molar-refractivity contribution in [2.24, 2.45) is 0 Å². The number of hydrogen-bond donors (Lipinski definition) is 0. The molecular formula is C13H9BrIN2-. The minimum Gasteiger partial charge on any atom is -1.00 e. The van der Waals surface area contributed by atoms with Crippen molar-refractivity contribution in [2.45, 2.75) is 0 Å². The summed E-state index contributed by atoms with van der Waals surface area (Å²) in [5.41, 5.74) is 3.10. The molecule has 0 aliphatic carbocycles. The molecule has 0 atom stereocenters. The number of rotatable bonds is 1. The first-order valence-corrected chi connectivity index (χ1v) is 5.82. The number of imidazole rings is 1. The summed E-state index contributed by atoms with van der Waals surface area (Å²) in [6, 6.07) is 14.2. The SMILES string of the molecule is Brc1ccc2nc(-c3ccccc3)cn2c1.[I-]. The van der Waals surface area contributed by atoms with E-state index in [0.29, 0.717) is 0 Å². The summed E-state index contributed by atoms with van der Waals surface area (Å²) in [6.45, 7) is 0. The molecule has 2 aromatic heterocycles. The second-order valence-electron chi connectivity index (χ2n) is 3.60. The van der Waals surface area contributed by atoms with Gasteiger partial charge in [0.2, 0.25) is 0 Å².